The van der Waals surface area contributed by atoms with Crippen LogP contribution in [-0.2, 0) is 16.2 Å². The van der Waals surface area contributed by atoms with E-state index in [1.807, 2.05) is 60.7 Å². The molecular formula is C68H53N3O3. The topological polar surface area (TPSA) is 78.1 Å². The van der Waals surface area contributed by atoms with Gasteiger partial charge in [0.25, 0.3) is 0 Å². The number of benzene rings is 9. The van der Waals surface area contributed by atoms with Crippen LogP contribution in [0.2, 0.25) is 0 Å². The molecule has 4 aromatic heterocycles. The van der Waals surface area contributed by atoms with Gasteiger partial charge in [0.15, 0.2) is 17.5 Å². The first-order valence-electron chi connectivity index (χ1n) is 25.7. The lowest BCUT2D eigenvalue weighted by Crippen LogP contribution is -2.14. The van der Waals surface area contributed by atoms with Crippen LogP contribution in [0.4, 0.5) is 0 Å². The molecule has 0 atom stereocenters. The monoisotopic (exact) mass is 959 g/mol. The maximum Gasteiger partial charge on any atom is 0.164 e. The molecule has 0 N–H and O–H groups in total. The molecule has 0 saturated carbocycles. The Labute approximate surface area is 429 Å². The molecule has 14 rings (SSSR count). The van der Waals surface area contributed by atoms with Crippen LogP contribution in [0.25, 0.3) is 133 Å². The molecule has 0 spiro atoms. The fourth-order valence-corrected chi connectivity index (χ4v) is 11.9. The Morgan fingerprint density at radius 3 is 1.45 bits per heavy atom. The maximum atomic E-state index is 7.33. The van der Waals surface area contributed by atoms with E-state index in [1.165, 1.54) is 33.4 Å². The van der Waals surface area contributed by atoms with Crippen LogP contribution in [-0.4, -0.2) is 15.0 Å². The third-order valence-electron chi connectivity index (χ3n) is 15.6. The summed E-state index contributed by atoms with van der Waals surface area (Å²) in [6, 6.07) is 62.5. The number of fused-ring (bicyclic) bond motifs is 12. The molecule has 0 amide bonds. The zero-order valence-electron chi connectivity index (χ0n) is 42.8. The lowest BCUT2D eigenvalue weighted by molar-refractivity contribution is 0.557. The van der Waals surface area contributed by atoms with Gasteiger partial charge < -0.3 is 13.3 Å². The normalized spacial score (nSPS) is 13.5. The largest absolute Gasteiger partial charge is 0.456 e. The van der Waals surface area contributed by atoms with Crippen LogP contribution >= 0.6 is 0 Å². The summed E-state index contributed by atoms with van der Waals surface area (Å²) in [6.07, 6.45) is 0. The number of hydrogen-bond donors (Lipinski definition) is 0. The van der Waals surface area contributed by atoms with E-state index in [9.17, 15) is 0 Å². The minimum absolute atomic E-state index is 0.0971. The van der Waals surface area contributed by atoms with Crippen molar-refractivity contribution in [3.05, 3.63) is 198 Å². The van der Waals surface area contributed by atoms with E-state index in [4.69, 9.17) is 28.2 Å². The van der Waals surface area contributed by atoms with Crippen LogP contribution in [0.15, 0.2) is 189 Å². The Bertz CT molecular complexity index is 4360. The summed E-state index contributed by atoms with van der Waals surface area (Å²) in [7, 11) is 0. The van der Waals surface area contributed by atoms with Gasteiger partial charge in [-0.05, 0) is 110 Å². The molecule has 74 heavy (non-hydrogen) atoms. The lowest BCUT2D eigenvalue weighted by Gasteiger charge is -2.22. The average molecular weight is 960 g/mol. The minimum Gasteiger partial charge on any atom is -0.456 e. The second-order valence-corrected chi connectivity index (χ2v) is 22.7. The Balaban J connectivity index is 1.02. The van der Waals surface area contributed by atoms with E-state index >= 15 is 0 Å². The third-order valence-corrected chi connectivity index (χ3v) is 15.6. The van der Waals surface area contributed by atoms with Crippen molar-refractivity contribution in [2.45, 2.75) is 71.6 Å². The highest BCUT2D eigenvalue weighted by Gasteiger charge is 2.36. The van der Waals surface area contributed by atoms with E-state index in [2.05, 4.69) is 171 Å². The highest BCUT2D eigenvalue weighted by Crippen LogP contribution is 2.51. The van der Waals surface area contributed by atoms with E-state index < -0.39 is 0 Å². The third kappa shape index (κ3) is 6.67. The predicted molar refractivity (Wildman–Crippen MR) is 304 cm³/mol. The van der Waals surface area contributed by atoms with Gasteiger partial charge in [-0.25, -0.2) is 15.0 Å². The van der Waals surface area contributed by atoms with Gasteiger partial charge >= 0.3 is 0 Å². The van der Waals surface area contributed by atoms with E-state index in [-0.39, 0.29) is 16.2 Å². The van der Waals surface area contributed by atoms with Gasteiger partial charge in [0.1, 0.15) is 33.5 Å². The quantitative estimate of drug-likeness (QED) is 0.171. The molecule has 9 aromatic carbocycles. The average Bonchev–Trinajstić information content (AvgIpc) is 4.16. The van der Waals surface area contributed by atoms with Crippen molar-refractivity contribution >= 4 is 65.8 Å². The molecule has 6 nitrogen and oxygen atoms in total. The van der Waals surface area contributed by atoms with Crippen molar-refractivity contribution in [1.82, 2.24) is 15.0 Å². The number of rotatable bonds is 5. The summed E-state index contributed by atoms with van der Waals surface area (Å²) in [5.74, 6) is 1.62. The van der Waals surface area contributed by atoms with E-state index in [0.29, 0.717) is 17.5 Å². The number of aromatic nitrogens is 3. The number of nitrogens with zero attached hydrogens (tertiary/aromatic N) is 3. The highest BCUT2D eigenvalue weighted by atomic mass is 16.3. The zero-order valence-corrected chi connectivity index (χ0v) is 42.8. The van der Waals surface area contributed by atoms with Crippen LogP contribution in [0.5, 0.6) is 0 Å². The second-order valence-electron chi connectivity index (χ2n) is 22.7. The van der Waals surface area contributed by atoms with Crippen LogP contribution < -0.4 is 0 Å². The molecule has 6 heteroatoms. The molecule has 1 aliphatic carbocycles. The molecule has 0 aliphatic heterocycles. The van der Waals surface area contributed by atoms with Gasteiger partial charge in [-0.1, -0.05) is 177 Å². The van der Waals surface area contributed by atoms with Crippen molar-refractivity contribution in [2.75, 3.05) is 0 Å². The Kier molecular flexibility index (Phi) is 9.36. The van der Waals surface area contributed by atoms with Crippen molar-refractivity contribution < 1.29 is 13.3 Å². The summed E-state index contributed by atoms with van der Waals surface area (Å²) < 4.78 is 20.2. The molecule has 13 aromatic rings. The van der Waals surface area contributed by atoms with Gasteiger partial charge in [0.05, 0.1) is 0 Å². The second kappa shape index (κ2) is 15.7. The highest BCUT2D eigenvalue weighted by molar-refractivity contribution is 6.16. The fourth-order valence-electron chi connectivity index (χ4n) is 11.9. The predicted octanol–water partition coefficient (Wildman–Crippen LogP) is 18.8. The zero-order chi connectivity index (χ0) is 50.4. The maximum absolute atomic E-state index is 7.33. The molecule has 0 unspecified atom stereocenters. The van der Waals surface area contributed by atoms with Crippen molar-refractivity contribution in [1.29, 1.82) is 0 Å². The van der Waals surface area contributed by atoms with Crippen molar-refractivity contribution in [3.8, 4) is 67.5 Å². The van der Waals surface area contributed by atoms with Crippen LogP contribution in [0, 0.1) is 0 Å². The molecule has 0 saturated heterocycles. The summed E-state index contributed by atoms with van der Waals surface area (Å²) in [5.41, 5.74) is 19.0. The number of furan rings is 3. The SMILES string of the molecule is CC(C)(C)c1cc(-c2cccc(-c3ccc4c(c3)C(C)(C)c3ccccc3-4)c2)cc2c1oc1c(C(C)(C)C)ccc(-c3nc(-c4cccc5oc6ccccc6c45)nc(-c4cccc5oc6ccccc6c45)n3)c12. The molecular weight excluding hydrogens is 907 g/mol. The molecule has 358 valence electrons. The molecule has 0 bridgehead atoms. The first-order chi connectivity index (χ1) is 35.7. The molecule has 4 heterocycles. The lowest BCUT2D eigenvalue weighted by atomic mass is 9.81. The van der Waals surface area contributed by atoms with Gasteiger partial charge in [0, 0.05) is 65.5 Å². The van der Waals surface area contributed by atoms with Crippen LogP contribution in [0.3, 0.4) is 0 Å². The summed E-state index contributed by atoms with van der Waals surface area (Å²) >= 11 is 0. The van der Waals surface area contributed by atoms with Crippen molar-refractivity contribution in [3.63, 3.8) is 0 Å². The standard InChI is InChI=1S/C68H53N3O3/c1-66(2,3)51-33-32-48(65-70-63(46-23-16-28-56-58(46)44-21-10-13-26-54(44)72-56)69-64(71-65)47-24-17-29-57-59(47)45-22-11-14-27-55(45)73-57)60-49-35-41(37-53(67(4,5)6)61(49)74-62(51)60)39-19-15-18-38(34-39)40-30-31-43-42-20-9-12-25-50(42)68(7,8)52(43)36-40/h9-37H,1-8H3. The fraction of sp³-hybridized carbons (Fsp3) is 0.162. The van der Waals surface area contributed by atoms with Gasteiger partial charge in [-0.2, -0.15) is 0 Å². The first kappa shape index (κ1) is 44.1. The Hall–Kier alpha value is -8.61. The Morgan fingerprint density at radius 1 is 0.338 bits per heavy atom. The molecule has 0 fully saturated rings. The smallest absolute Gasteiger partial charge is 0.164 e. The molecule has 1 aliphatic rings. The van der Waals surface area contributed by atoms with Crippen LogP contribution in [0.1, 0.15) is 77.6 Å². The minimum atomic E-state index is -0.270. The first-order valence-corrected chi connectivity index (χ1v) is 25.7. The van der Waals surface area contributed by atoms with E-state index in [0.717, 1.165) is 105 Å². The van der Waals surface area contributed by atoms with Gasteiger partial charge in [-0.3, -0.25) is 0 Å². The summed E-state index contributed by atoms with van der Waals surface area (Å²) in [6.45, 7) is 18.3. The van der Waals surface area contributed by atoms with Gasteiger partial charge in [-0.15, -0.1) is 0 Å². The molecule has 0 radical (unpaired) electrons. The number of hydrogen-bond acceptors (Lipinski definition) is 6. The number of para-hydroxylation sites is 2. The summed E-state index contributed by atoms with van der Waals surface area (Å²) in [5, 5.41) is 5.89. The Morgan fingerprint density at radius 2 is 0.824 bits per heavy atom. The van der Waals surface area contributed by atoms with Gasteiger partial charge in [0.2, 0.25) is 0 Å². The van der Waals surface area contributed by atoms with E-state index in [1.54, 1.807) is 0 Å². The van der Waals surface area contributed by atoms with Crippen molar-refractivity contribution in [2.24, 2.45) is 0 Å². The summed E-state index contributed by atoms with van der Waals surface area (Å²) in [4.78, 5) is 16.4.